The molecule has 0 atom stereocenters. The van der Waals surface area contributed by atoms with Crippen molar-refractivity contribution in [2.24, 2.45) is 0 Å². The summed E-state index contributed by atoms with van der Waals surface area (Å²) in [5, 5.41) is 13.0. The van der Waals surface area contributed by atoms with Crippen LogP contribution < -0.4 is 31.2 Å². The number of nitriles is 1. The van der Waals surface area contributed by atoms with Crippen molar-refractivity contribution in [3.05, 3.63) is 58.7 Å². The number of thiophene rings is 1. The SMILES string of the molecule is COc1ccc(-c2c(C#N)c(N)[nH+]c3sc(C(=O)Nc4ccc(F)cc4)c(N)c23)cc1OC. The largest absolute Gasteiger partial charge is 0.493 e. The number of amides is 1. The molecule has 0 aliphatic heterocycles. The maximum atomic E-state index is 13.2. The molecular weight excluding hydrogens is 445 g/mol. The fourth-order valence-corrected chi connectivity index (χ4v) is 4.55. The maximum absolute atomic E-state index is 13.2. The molecule has 0 fully saturated rings. The second-order valence-corrected chi connectivity index (χ2v) is 8.00. The Labute approximate surface area is 192 Å². The van der Waals surface area contributed by atoms with Crippen molar-refractivity contribution in [1.29, 1.82) is 5.26 Å². The molecule has 10 heteroatoms. The van der Waals surface area contributed by atoms with Crippen molar-refractivity contribution in [2.75, 3.05) is 31.0 Å². The summed E-state index contributed by atoms with van der Waals surface area (Å²) in [6.45, 7) is 0. The quantitative estimate of drug-likeness (QED) is 0.410. The predicted molar refractivity (Wildman–Crippen MR) is 125 cm³/mol. The second kappa shape index (κ2) is 8.64. The van der Waals surface area contributed by atoms with E-state index in [1.165, 1.54) is 38.5 Å². The molecule has 0 spiro atoms. The van der Waals surface area contributed by atoms with Crippen LogP contribution in [-0.2, 0) is 0 Å². The number of methoxy groups -OCH3 is 2. The highest BCUT2D eigenvalue weighted by Crippen LogP contribution is 2.43. The van der Waals surface area contributed by atoms with Crippen LogP contribution in [0.25, 0.3) is 21.3 Å². The monoisotopic (exact) mass is 464 g/mol. The van der Waals surface area contributed by atoms with Crippen LogP contribution in [0, 0.1) is 17.1 Å². The number of nitrogens with zero attached hydrogens (tertiary/aromatic N) is 1. The number of benzene rings is 2. The first-order chi connectivity index (χ1) is 15.9. The minimum absolute atomic E-state index is 0.140. The van der Waals surface area contributed by atoms with E-state index in [4.69, 9.17) is 20.9 Å². The second-order valence-electron chi connectivity index (χ2n) is 6.98. The molecule has 0 radical (unpaired) electrons. The van der Waals surface area contributed by atoms with Gasteiger partial charge in [-0.3, -0.25) is 10.5 Å². The number of hydrogen-bond donors (Lipinski definition) is 3. The Morgan fingerprint density at radius 3 is 2.45 bits per heavy atom. The Balaban J connectivity index is 1.90. The molecule has 0 bridgehead atoms. The van der Waals surface area contributed by atoms with Gasteiger partial charge in [0.15, 0.2) is 16.3 Å². The molecule has 1 amide bonds. The molecule has 0 aliphatic carbocycles. The van der Waals surface area contributed by atoms with Gasteiger partial charge in [0.1, 0.15) is 22.3 Å². The first kappa shape index (κ1) is 21.9. The summed E-state index contributed by atoms with van der Waals surface area (Å²) < 4.78 is 23.9. The highest BCUT2D eigenvalue weighted by molar-refractivity contribution is 7.21. The number of carbonyl (C=O) groups excluding carboxylic acids is 1. The highest BCUT2D eigenvalue weighted by atomic mass is 32.1. The summed E-state index contributed by atoms with van der Waals surface area (Å²) in [4.78, 5) is 16.7. The zero-order chi connectivity index (χ0) is 23.7. The smallest absolute Gasteiger partial charge is 0.290 e. The van der Waals surface area contributed by atoms with Crippen molar-refractivity contribution in [1.82, 2.24) is 0 Å². The minimum Gasteiger partial charge on any atom is -0.493 e. The number of nitrogens with two attached hydrogens (primary N) is 2. The van der Waals surface area contributed by atoms with Crippen LogP contribution in [-0.4, -0.2) is 20.1 Å². The van der Waals surface area contributed by atoms with E-state index in [9.17, 15) is 14.4 Å². The van der Waals surface area contributed by atoms with Crippen molar-refractivity contribution >= 4 is 44.7 Å². The summed E-state index contributed by atoms with van der Waals surface area (Å²) in [5.74, 6) is 0.235. The fourth-order valence-electron chi connectivity index (χ4n) is 3.51. The zero-order valence-corrected chi connectivity index (χ0v) is 18.5. The summed E-state index contributed by atoms with van der Waals surface area (Å²) in [5.41, 5.74) is 14.4. The van der Waals surface area contributed by atoms with Gasteiger partial charge in [0, 0.05) is 11.3 Å². The molecule has 0 unspecified atom stereocenters. The van der Waals surface area contributed by atoms with Crippen molar-refractivity contribution < 1.29 is 23.6 Å². The molecule has 166 valence electrons. The summed E-state index contributed by atoms with van der Waals surface area (Å²) in [6, 6.07) is 12.7. The first-order valence-electron chi connectivity index (χ1n) is 9.64. The van der Waals surface area contributed by atoms with Crippen molar-refractivity contribution in [3.8, 4) is 28.7 Å². The van der Waals surface area contributed by atoms with Crippen LogP contribution in [0.15, 0.2) is 42.5 Å². The number of halogens is 1. The van der Waals surface area contributed by atoms with E-state index in [0.29, 0.717) is 38.5 Å². The topological polar surface area (TPSA) is 138 Å². The van der Waals surface area contributed by atoms with E-state index in [1.807, 2.05) is 0 Å². The number of H-pyrrole nitrogens is 1. The molecule has 8 nitrogen and oxygen atoms in total. The predicted octanol–water partition coefficient (Wildman–Crippen LogP) is 3.83. The molecule has 33 heavy (non-hydrogen) atoms. The molecule has 0 aliphatic rings. The lowest BCUT2D eigenvalue weighted by molar-refractivity contribution is -0.323. The van der Waals surface area contributed by atoms with Gasteiger partial charge >= 0.3 is 0 Å². The molecule has 0 saturated heterocycles. The van der Waals surface area contributed by atoms with Gasteiger partial charge in [-0.25, -0.2) is 9.37 Å². The van der Waals surface area contributed by atoms with Gasteiger partial charge < -0.3 is 20.5 Å². The van der Waals surface area contributed by atoms with E-state index < -0.39 is 11.7 Å². The number of aromatic amines is 1. The van der Waals surface area contributed by atoms with Crippen LogP contribution in [0.2, 0.25) is 0 Å². The number of rotatable bonds is 5. The van der Waals surface area contributed by atoms with Crippen molar-refractivity contribution in [2.45, 2.75) is 0 Å². The van der Waals surface area contributed by atoms with Gasteiger partial charge in [-0.15, -0.1) is 0 Å². The van der Waals surface area contributed by atoms with Gasteiger partial charge in [-0.2, -0.15) is 5.26 Å². The van der Waals surface area contributed by atoms with Crippen LogP contribution in [0.1, 0.15) is 15.2 Å². The number of carbonyl (C=O) groups is 1. The first-order valence-corrected chi connectivity index (χ1v) is 10.5. The molecule has 4 rings (SSSR count). The number of pyridine rings is 1. The molecular formula is C23H19FN5O3S+. The normalized spacial score (nSPS) is 10.6. The Bertz CT molecular complexity index is 1430. The number of aromatic nitrogens is 1. The average molecular weight is 465 g/mol. The lowest BCUT2D eigenvalue weighted by Crippen LogP contribution is -2.13. The van der Waals surface area contributed by atoms with Crippen LogP contribution in [0.3, 0.4) is 0 Å². The van der Waals surface area contributed by atoms with Gasteiger partial charge in [0.25, 0.3) is 11.7 Å². The zero-order valence-electron chi connectivity index (χ0n) is 17.7. The standard InChI is InChI=1S/C23H18FN5O3S/c1-31-15-8-3-11(9-16(15)32-2)17-14(10-25)21(27)29-23-18(17)19(26)20(33-23)22(30)28-13-6-4-12(24)5-7-13/h3-9H,26H2,1-2H3,(H2,27,29)(H,28,30)/p+1. The number of nitrogen functional groups attached to an aromatic ring is 2. The Morgan fingerprint density at radius 1 is 1.12 bits per heavy atom. The third kappa shape index (κ3) is 3.86. The third-order valence-electron chi connectivity index (χ3n) is 5.06. The molecule has 4 aromatic rings. The third-order valence-corrected chi connectivity index (χ3v) is 6.17. The summed E-state index contributed by atoms with van der Waals surface area (Å²) >= 11 is 1.10. The lowest BCUT2D eigenvalue weighted by atomic mass is 9.97. The van der Waals surface area contributed by atoms with Crippen LogP contribution in [0.5, 0.6) is 11.5 Å². The fraction of sp³-hybridized carbons (Fsp3) is 0.0870. The maximum Gasteiger partial charge on any atom is 0.290 e. The Hall–Kier alpha value is -4.36. The van der Waals surface area contributed by atoms with Gasteiger partial charge in [0.2, 0.25) is 0 Å². The number of anilines is 3. The van der Waals surface area contributed by atoms with E-state index in [-0.39, 0.29) is 21.9 Å². The van der Waals surface area contributed by atoms with E-state index >= 15 is 0 Å². The van der Waals surface area contributed by atoms with Crippen LogP contribution >= 0.6 is 11.3 Å². The lowest BCUT2D eigenvalue weighted by Gasteiger charge is -2.12. The summed E-state index contributed by atoms with van der Waals surface area (Å²) in [7, 11) is 3.03. The number of fused-ring (bicyclic) bond motifs is 1. The van der Waals surface area contributed by atoms with E-state index in [1.54, 1.807) is 18.2 Å². The number of nitrogens with one attached hydrogen (secondary N) is 2. The Morgan fingerprint density at radius 2 is 1.82 bits per heavy atom. The number of hydrogen-bond acceptors (Lipinski definition) is 7. The molecule has 2 aromatic carbocycles. The molecule has 2 aromatic heterocycles. The van der Waals surface area contributed by atoms with Gasteiger partial charge in [-0.05, 0) is 42.0 Å². The summed E-state index contributed by atoms with van der Waals surface area (Å²) in [6.07, 6.45) is 0. The van der Waals surface area contributed by atoms with Crippen LogP contribution in [0.4, 0.5) is 21.6 Å². The van der Waals surface area contributed by atoms with Crippen molar-refractivity contribution in [3.63, 3.8) is 0 Å². The average Bonchev–Trinajstić information content (AvgIpc) is 3.14. The van der Waals surface area contributed by atoms with E-state index in [2.05, 4.69) is 16.4 Å². The number of ether oxygens (including phenoxy) is 2. The van der Waals surface area contributed by atoms with Gasteiger partial charge in [0.05, 0.1) is 25.3 Å². The van der Waals surface area contributed by atoms with Gasteiger partial charge in [-0.1, -0.05) is 17.4 Å². The van der Waals surface area contributed by atoms with E-state index in [0.717, 1.165) is 11.3 Å². The Kier molecular flexibility index (Phi) is 5.72. The molecule has 6 N–H and O–H groups in total. The highest BCUT2D eigenvalue weighted by Gasteiger charge is 2.27. The molecule has 0 saturated carbocycles. The molecule has 2 heterocycles. The minimum atomic E-state index is -0.468.